The van der Waals surface area contributed by atoms with E-state index in [9.17, 15) is 30.5 Å². The Morgan fingerprint density at radius 3 is 1.77 bits per heavy atom. The van der Waals surface area contributed by atoms with Crippen LogP contribution in [0.4, 0.5) is 17.6 Å². The van der Waals surface area contributed by atoms with Crippen LogP contribution in [0, 0.1) is 0 Å². The Kier molecular flexibility index (Phi) is 8.59. The fourth-order valence-corrected chi connectivity index (χ4v) is 1.02. The van der Waals surface area contributed by atoms with E-state index in [0.717, 1.165) is 0 Å². The topological polar surface area (TPSA) is 57.2 Å². The van der Waals surface area contributed by atoms with E-state index in [4.69, 9.17) is 0 Å². The van der Waals surface area contributed by atoms with Gasteiger partial charge in [-0.15, -0.1) is 0 Å². The molecule has 0 saturated heterocycles. The van der Waals surface area contributed by atoms with Crippen LogP contribution in [0.25, 0.3) is 0 Å². The molecule has 0 radical (unpaired) electrons. The van der Waals surface area contributed by atoms with Gasteiger partial charge in [-0.25, -0.2) is 26.0 Å². The van der Waals surface area contributed by atoms with E-state index in [1.165, 1.54) is 0 Å². The zero-order valence-electron chi connectivity index (χ0n) is 6.58. The molecule has 0 aliphatic carbocycles. The third-order valence-electron chi connectivity index (χ3n) is 0.950. The zero-order valence-corrected chi connectivity index (χ0v) is 10.5. The minimum Gasteiger partial charge on any atom is -0.748 e. The summed E-state index contributed by atoms with van der Waals surface area (Å²) < 4.78 is 76.0. The van der Waals surface area contributed by atoms with Crippen molar-refractivity contribution in [3.63, 3.8) is 0 Å². The summed E-state index contributed by atoms with van der Waals surface area (Å²) in [5, 5.41) is 0. The summed E-state index contributed by atoms with van der Waals surface area (Å²) in [5.74, 6) is -1.77. The van der Waals surface area contributed by atoms with Crippen LogP contribution in [0.2, 0.25) is 0 Å². The van der Waals surface area contributed by atoms with Crippen molar-refractivity contribution in [2.24, 2.45) is 0 Å². The Morgan fingerprint density at radius 2 is 1.54 bits per heavy atom. The van der Waals surface area contributed by atoms with Gasteiger partial charge in [0.15, 0.2) is 6.17 Å². The number of hydrogen-bond donors (Lipinski definition) is 0. The maximum atomic E-state index is 12.1. The molecule has 0 heterocycles. The molecule has 13 heavy (non-hydrogen) atoms. The summed E-state index contributed by atoms with van der Waals surface area (Å²) in [5.41, 5.74) is 0. The van der Waals surface area contributed by atoms with E-state index in [1.807, 2.05) is 0 Å². The first-order chi connectivity index (χ1) is 5.24. The molecule has 2 atom stereocenters. The maximum absolute atomic E-state index is 12.1. The summed E-state index contributed by atoms with van der Waals surface area (Å²) in [6.07, 6.45) is -9.82. The fraction of sp³-hybridized carbons (Fsp3) is 1.00. The molecule has 0 aromatic rings. The Bertz CT molecular complexity index is 232. The van der Waals surface area contributed by atoms with Crippen LogP contribution >= 0.6 is 0 Å². The minimum atomic E-state index is -5.00. The molecule has 0 aliphatic rings. The molecule has 0 saturated carbocycles. The van der Waals surface area contributed by atoms with Crippen molar-refractivity contribution < 1.29 is 81.9 Å². The van der Waals surface area contributed by atoms with Gasteiger partial charge in [-0.2, -0.15) is 0 Å². The molecule has 0 aromatic carbocycles. The van der Waals surface area contributed by atoms with Crippen LogP contribution < -0.4 is 51.4 Å². The standard InChI is InChI=1S/C4H6F4O3S.K/c5-2(1-12(9,10)11)3(6)4(7)8;/h2-4H,1H2,(H,9,10,11);/q;+1/p-1. The first-order valence-electron chi connectivity index (χ1n) is 2.74. The van der Waals surface area contributed by atoms with E-state index < -0.39 is 34.6 Å². The fourth-order valence-electron chi connectivity index (χ4n) is 0.445. The quantitative estimate of drug-likeness (QED) is 0.313. The molecule has 2 unspecified atom stereocenters. The maximum Gasteiger partial charge on any atom is 1.00 e. The predicted octanol–water partition coefficient (Wildman–Crippen LogP) is -2.52. The molecular weight excluding hydrogens is 243 g/mol. The van der Waals surface area contributed by atoms with Gasteiger partial charge in [0.05, 0.1) is 15.9 Å². The van der Waals surface area contributed by atoms with Gasteiger partial charge in [-0.1, -0.05) is 0 Å². The largest absolute Gasteiger partial charge is 1.00 e. The number of rotatable bonds is 4. The normalized spacial score (nSPS) is 16.5. The van der Waals surface area contributed by atoms with Gasteiger partial charge < -0.3 is 4.55 Å². The summed E-state index contributed by atoms with van der Waals surface area (Å²) in [7, 11) is -5.00. The van der Waals surface area contributed by atoms with Crippen molar-refractivity contribution in [3.8, 4) is 0 Å². The van der Waals surface area contributed by atoms with Crippen LogP contribution in [0.15, 0.2) is 0 Å². The molecule has 74 valence electrons. The Labute approximate surface area is 115 Å². The van der Waals surface area contributed by atoms with Crippen molar-refractivity contribution in [1.82, 2.24) is 0 Å². The van der Waals surface area contributed by atoms with E-state index in [0.29, 0.717) is 0 Å². The Morgan fingerprint density at radius 1 is 1.15 bits per heavy atom. The molecule has 0 rings (SSSR count). The van der Waals surface area contributed by atoms with Gasteiger partial charge in [0.2, 0.25) is 0 Å². The first kappa shape index (κ1) is 16.7. The molecule has 0 aliphatic heterocycles. The molecule has 0 amide bonds. The van der Waals surface area contributed by atoms with Crippen molar-refractivity contribution in [2.45, 2.75) is 18.8 Å². The van der Waals surface area contributed by atoms with Crippen LogP contribution in [0.1, 0.15) is 0 Å². The molecule has 0 bridgehead atoms. The van der Waals surface area contributed by atoms with Gasteiger partial charge in [0, 0.05) is 0 Å². The second kappa shape index (κ2) is 6.70. The van der Waals surface area contributed by atoms with Crippen molar-refractivity contribution in [2.75, 3.05) is 5.75 Å². The average molecular weight is 248 g/mol. The van der Waals surface area contributed by atoms with E-state index >= 15 is 0 Å². The Hall–Kier alpha value is 1.27. The molecule has 3 nitrogen and oxygen atoms in total. The molecule has 9 heteroatoms. The van der Waals surface area contributed by atoms with Crippen LogP contribution in [0.3, 0.4) is 0 Å². The third-order valence-corrected chi connectivity index (χ3v) is 1.68. The second-order valence-corrected chi connectivity index (χ2v) is 3.47. The minimum absolute atomic E-state index is 0. The van der Waals surface area contributed by atoms with Gasteiger partial charge in [0.25, 0.3) is 6.43 Å². The van der Waals surface area contributed by atoms with Crippen LogP contribution in [-0.2, 0) is 10.1 Å². The number of hydrogen-bond acceptors (Lipinski definition) is 3. The molecule has 0 N–H and O–H groups in total. The third kappa shape index (κ3) is 8.27. The zero-order chi connectivity index (χ0) is 9.94. The van der Waals surface area contributed by atoms with Gasteiger partial charge in [-0.05, 0) is 0 Å². The Balaban J connectivity index is 0. The van der Waals surface area contributed by atoms with E-state index in [1.54, 1.807) is 0 Å². The summed E-state index contributed by atoms with van der Waals surface area (Å²) in [4.78, 5) is 0. The van der Waals surface area contributed by atoms with Crippen molar-refractivity contribution in [3.05, 3.63) is 0 Å². The van der Waals surface area contributed by atoms with Gasteiger partial charge in [-0.3, -0.25) is 0 Å². The number of halogens is 4. The van der Waals surface area contributed by atoms with Crippen LogP contribution in [0.5, 0.6) is 0 Å². The summed E-state index contributed by atoms with van der Waals surface area (Å²) in [6.45, 7) is 0. The monoisotopic (exact) mass is 248 g/mol. The molecular formula is C4H5F4KO3S. The van der Waals surface area contributed by atoms with Crippen LogP contribution in [-0.4, -0.2) is 37.5 Å². The number of alkyl halides is 4. The SMILES string of the molecule is O=S(=O)([O-])CC(F)C(F)C(F)F.[K+]. The van der Waals surface area contributed by atoms with E-state index in [-0.39, 0.29) is 51.4 Å². The van der Waals surface area contributed by atoms with Gasteiger partial charge >= 0.3 is 51.4 Å². The van der Waals surface area contributed by atoms with Crippen molar-refractivity contribution >= 4 is 10.1 Å². The van der Waals surface area contributed by atoms with Crippen molar-refractivity contribution in [1.29, 1.82) is 0 Å². The summed E-state index contributed by atoms with van der Waals surface area (Å²) >= 11 is 0. The molecule has 0 fully saturated rings. The van der Waals surface area contributed by atoms with Gasteiger partial charge in [0.1, 0.15) is 6.17 Å². The predicted molar refractivity (Wildman–Crippen MR) is 30.4 cm³/mol. The molecule has 0 aromatic heterocycles. The van der Waals surface area contributed by atoms with E-state index in [2.05, 4.69) is 0 Å². The summed E-state index contributed by atoms with van der Waals surface area (Å²) in [6, 6.07) is 0. The average Bonchev–Trinajstić information content (AvgIpc) is 1.82. The second-order valence-electron chi connectivity index (χ2n) is 2.02. The first-order valence-corrected chi connectivity index (χ1v) is 4.31. The smallest absolute Gasteiger partial charge is 0.748 e. The molecule has 0 spiro atoms.